The first-order valence-corrected chi connectivity index (χ1v) is 10.7. The molecule has 0 aliphatic heterocycles. The van der Waals surface area contributed by atoms with E-state index in [2.05, 4.69) is 57.9 Å². The van der Waals surface area contributed by atoms with Crippen LogP contribution in [0.1, 0.15) is 63.0 Å². The van der Waals surface area contributed by atoms with E-state index in [0.29, 0.717) is 22.3 Å². The number of hydrogen-bond acceptors (Lipinski definition) is 4. The maximum absolute atomic E-state index is 13.2. The van der Waals surface area contributed by atoms with Gasteiger partial charge in [0, 0.05) is 41.5 Å². The number of H-pyrrole nitrogens is 1. The first-order valence-electron chi connectivity index (χ1n) is 10.7. The molecule has 0 saturated heterocycles. The molecule has 1 aromatic heterocycles. The average molecular weight is 437 g/mol. The smallest absolute Gasteiger partial charge is 0.261 e. The van der Waals surface area contributed by atoms with Gasteiger partial charge in [0.05, 0.1) is 0 Å². The minimum absolute atomic E-state index is 0.0582. The number of benzene rings is 2. The molecule has 0 radical (unpaired) electrons. The van der Waals surface area contributed by atoms with Crippen LogP contribution in [0.4, 0.5) is 5.69 Å². The van der Waals surface area contributed by atoms with Gasteiger partial charge >= 0.3 is 0 Å². The fraction of sp³-hybridized carbons (Fsp3) is 0.385. The molecule has 0 spiro atoms. The fourth-order valence-corrected chi connectivity index (χ4v) is 3.66. The Morgan fingerprint density at radius 3 is 2.28 bits per heavy atom. The van der Waals surface area contributed by atoms with Crippen LogP contribution in [0.2, 0.25) is 0 Å². The minimum Gasteiger partial charge on any atom is -0.467 e. The molecule has 0 aliphatic rings. The van der Waals surface area contributed by atoms with Gasteiger partial charge in [0.2, 0.25) is 5.43 Å². The van der Waals surface area contributed by atoms with E-state index in [1.807, 2.05) is 12.1 Å². The van der Waals surface area contributed by atoms with Crippen molar-refractivity contribution in [1.82, 2.24) is 4.98 Å². The van der Waals surface area contributed by atoms with E-state index in [1.165, 1.54) is 6.20 Å². The number of hydrogen-bond donors (Lipinski definition) is 2. The summed E-state index contributed by atoms with van der Waals surface area (Å²) in [6, 6.07) is 11.0. The number of ether oxygens (including phenoxy) is 2. The van der Waals surface area contributed by atoms with Gasteiger partial charge in [0.15, 0.2) is 6.79 Å². The topological polar surface area (TPSA) is 80.4 Å². The number of carbonyl (C=O) groups excluding carboxylic acids is 1. The van der Waals surface area contributed by atoms with Crippen LogP contribution in [0.3, 0.4) is 0 Å². The van der Waals surface area contributed by atoms with Crippen LogP contribution < -0.4 is 15.5 Å². The summed E-state index contributed by atoms with van der Waals surface area (Å²) in [5.41, 5.74) is 2.58. The van der Waals surface area contributed by atoms with Crippen molar-refractivity contribution in [2.75, 3.05) is 19.2 Å². The molecule has 2 N–H and O–H groups in total. The molecule has 170 valence electrons. The van der Waals surface area contributed by atoms with E-state index in [4.69, 9.17) is 9.47 Å². The Labute approximate surface area is 189 Å². The zero-order valence-corrected chi connectivity index (χ0v) is 19.9. The maximum Gasteiger partial charge on any atom is 0.261 e. The molecule has 3 rings (SSSR count). The van der Waals surface area contributed by atoms with Crippen LogP contribution >= 0.6 is 0 Å². The monoisotopic (exact) mass is 436 g/mol. The lowest BCUT2D eigenvalue weighted by molar-refractivity contribution is 0.0498. The van der Waals surface area contributed by atoms with Crippen molar-refractivity contribution < 1.29 is 14.3 Å². The van der Waals surface area contributed by atoms with Crippen LogP contribution in [0.25, 0.3) is 10.9 Å². The second kappa shape index (κ2) is 8.79. The van der Waals surface area contributed by atoms with E-state index >= 15 is 0 Å². The normalized spacial score (nSPS) is 12.1. The highest BCUT2D eigenvalue weighted by Crippen LogP contribution is 2.40. The standard InChI is InChI=1S/C26H32N2O4/c1-25(2,3)18-12-19(26(4,5)6)22(32-15-31-7)13-21(18)28-24(30)17-14-27-20-11-9-8-10-16(20)23(17)29/h8-14H,15H2,1-7H3,(H,27,29)(H,28,30). The van der Waals surface area contributed by atoms with Gasteiger partial charge < -0.3 is 19.8 Å². The minimum atomic E-state index is -0.469. The summed E-state index contributed by atoms with van der Waals surface area (Å²) in [5.74, 6) is 0.166. The van der Waals surface area contributed by atoms with E-state index in [-0.39, 0.29) is 28.6 Å². The zero-order chi connectivity index (χ0) is 23.7. The number of nitrogens with one attached hydrogen (secondary N) is 2. The van der Waals surface area contributed by atoms with Gasteiger partial charge in [0.1, 0.15) is 11.3 Å². The average Bonchev–Trinajstić information content (AvgIpc) is 2.70. The Morgan fingerprint density at radius 1 is 1.00 bits per heavy atom. The van der Waals surface area contributed by atoms with Crippen molar-refractivity contribution in [2.24, 2.45) is 0 Å². The highest BCUT2D eigenvalue weighted by Gasteiger charge is 2.27. The highest BCUT2D eigenvalue weighted by molar-refractivity contribution is 6.06. The van der Waals surface area contributed by atoms with Gasteiger partial charge in [0.25, 0.3) is 5.91 Å². The SMILES string of the molecule is COCOc1cc(NC(=O)c2c[nH]c3ccccc3c2=O)c(C(C)(C)C)cc1C(C)(C)C. The number of rotatable bonds is 5. The summed E-state index contributed by atoms with van der Waals surface area (Å²) in [6.07, 6.45) is 1.46. The van der Waals surface area contributed by atoms with Gasteiger partial charge in [-0.25, -0.2) is 0 Å². The number of aromatic nitrogens is 1. The molecule has 0 aliphatic carbocycles. The van der Waals surface area contributed by atoms with Crippen molar-refractivity contribution in [3.05, 3.63) is 69.5 Å². The quantitative estimate of drug-likeness (QED) is 0.528. The van der Waals surface area contributed by atoms with E-state index in [1.54, 1.807) is 25.3 Å². The van der Waals surface area contributed by atoms with Crippen molar-refractivity contribution in [1.29, 1.82) is 0 Å². The van der Waals surface area contributed by atoms with Gasteiger partial charge in [-0.3, -0.25) is 9.59 Å². The number of aromatic amines is 1. The van der Waals surface area contributed by atoms with Crippen molar-refractivity contribution in [2.45, 2.75) is 52.4 Å². The Kier molecular flexibility index (Phi) is 6.46. The number of methoxy groups -OCH3 is 1. The molecule has 1 amide bonds. The summed E-state index contributed by atoms with van der Waals surface area (Å²) in [6.45, 7) is 12.7. The number of fused-ring (bicyclic) bond motifs is 1. The second-order valence-electron chi connectivity index (χ2n) is 9.98. The Balaban J connectivity index is 2.11. The molecule has 32 heavy (non-hydrogen) atoms. The van der Waals surface area contributed by atoms with Crippen molar-refractivity contribution >= 4 is 22.5 Å². The Bertz CT molecular complexity index is 1200. The summed E-state index contributed by atoms with van der Waals surface area (Å²) < 4.78 is 11.0. The lowest BCUT2D eigenvalue weighted by Crippen LogP contribution is -2.25. The number of para-hydroxylation sites is 1. The number of amides is 1. The number of pyridine rings is 1. The van der Waals surface area contributed by atoms with Gasteiger partial charge in [-0.2, -0.15) is 0 Å². The summed E-state index contributed by atoms with van der Waals surface area (Å²) in [7, 11) is 1.56. The first-order chi connectivity index (χ1) is 14.9. The second-order valence-corrected chi connectivity index (χ2v) is 9.98. The molecule has 0 saturated carbocycles. The van der Waals surface area contributed by atoms with E-state index in [0.717, 1.165) is 11.1 Å². The van der Waals surface area contributed by atoms with Gasteiger partial charge in [-0.1, -0.05) is 53.7 Å². The van der Waals surface area contributed by atoms with E-state index < -0.39 is 5.91 Å². The largest absolute Gasteiger partial charge is 0.467 e. The molecule has 6 heteroatoms. The third-order valence-electron chi connectivity index (χ3n) is 5.35. The highest BCUT2D eigenvalue weighted by atomic mass is 16.7. The van der Waals surface area contributed by atoms with Crippen LogP contribution in [0.15, 0.2) is 47.4 Å². The summed E-state index contributed by atoms with van der Waals surface area (Å²) in [4.78, 5) is 29.1. The molecule has 2 aromatic carbocycles. The fourth-order valence-electron chi connectivity index (χ4n) is 3.66. The summed E-state index contributed by atoms with van der Waals surface area (Å²) >= 11 is 0. The molecule has 6 nitrogen and oxygen atoms in total. The van der Waals surface area contributed by atoms with Crippen molar-refractivity contribution in [3.8, 4) is 5.75 Å². The molecular formula is C26H32N2O4. The Morgan fingerprint density at radius 2 is 1.66 bits per heavy atom. The molecule has 0 bridgehead atoms. The van der Waals surface area contributed by atoms with Crippen molar-refractivity contribution in [3.63, 3.8) is 0 Å². The third kappa shape index (κ3) is 4.86. The van der Waals surface area contributed by atoms with Crippen LogP contribution in [-0.2, 0) is 15.6 Å². The maximum atomic E-state index is 13.2. The number of carbonyl (C=O) groups is 1. The van der Waals surface area contributed by atoms with Gasteiger partial charge in [-0.05, 0) is 34.6 Å². The molecule has 0 atom stereocenters. The molecule has 3 aromatic rings. The van der Waals surface area contributed by atoms with Crippen LogP contribution in [0.5, 0.6) is 5.75 Å². The Hall–Kier alpha value is -3.12. The lowest BCUT2D eigenvalue weighted by Gasteiger charge is -2.29. The lowest BCUT2D eigenvalue weighted by atomic mass is 9.79. The molecule has 0 fully saturated rings. The first kappa shape index (κ1) is 23.5. The molecular weight excluding hydrogens is 404 g/mol. The number of anilines is 1. The summed E-state index contributed by atoms with van der Waals surface area (Å²) in [5, 5.41) is 3.43. The third-order valence-corrected chi connectivity index (χ3v) is 5.35. The van der Waals surface area contributed by atoms with Gasteiger partial charge in [-0.15, -0.1) is 0 Å². The zero-order valence-electron chi connectivity index (χ0n) is 19.9. The molecule has 1 heterocycles. The van der Waals surface area contributed by atoms with Crippen LogP contribution in [-0.4, -0.2) is 24.8 Å². The predicted octanol–water partition coefficient (Wildman–Crippen LogP) is 5.36. The van der Waals surface area contributed by atoms with Crippen LogP contribution in [0, 0.1) is 0 Å². The molecule has 0 unspecified atom stereocenters. The van der Waals surface area contributed by atoms with E-state index in [9.17, 15) is 9.59 Å². The predicted molar refractivity (Wildman–Crippen MR) is 129 cm³/mol.